The molecule has 1 fully saturated rings. The molecule has 2 aliphatic rings. The van der Waals surface area contributed by atoms with Crippen molar-refractivity contribution in [1.82, 2.24) is 0 Å². The average Bonchev–Trinajstić information content (AvgIpc) is 2.97. The first-order valence-corrected chi connectivity index (χ1v) is 7.06. The number of fused-ring (bicyclic) bond motifs is 3. The number of anilines is 1. The van der Waals surface area contributed by atoms with E-state index in [1.165, 1.54) is 11.1 Å². The predicted molar refractivity (Wildman–Crippen MR) is 97.3 cm³/mol. The van der Waals surface area contributed by atoms with Gasteiger partial charge in [0.15, 0.2) is 5.96 Å². The number of aliphatic imine (C=N–C) groups is 1. The van der Waals surface area contributed by atoms with Gasteiger partial charge in [0.1, 0.15) is 0 Å². The van der Waals surface area contributed by atoms with Crippen LogP contribution < -0.4 is 11.1 Å². The van der Waals surface area contributed by atoms with Gasteiger partial charge in [-0.15, -0.1) is 24.0 Å². The van der Waals surface area contributed by atoms with Crippen molar-refractivity contribution in [1.29, 1.82) is 0 Å². The summed E-state index contributed by atoms with van der Waals surface area (Å²) in [5.41, 5.74) is 9.96. The van der Waals surface area contributed by atoms with Crippen molar-refractivity contribution in [3.8, 4) is 0 Å². The molecule has 0 aromatic heterocycles. The Hall–Kier alpha value is -1.56. The Morgan fingerprint density at radius 1 is 1.05 bits per heavy atom. The number of para-hydroxylation sites is 1. The van der Waals surface area contributed by atoms with Crippen molar-refractivity contribution >= 4 is 35.6 Å². The fourth-order valence-electron chi connectivity index (χ4n) is 3.36. The van der Waals surface area contributed by atoms with Crippen LogP contribution in [0.3, 0.4) is 0 Å². The molecule has 0 heterocycles. The van der Waals surface area contributed by atoms with E-state index < -0.39 is 0 Å². The van der Waals surface area contributed by atoms with Gasteiger partial charge in [-0.05, 0) is 35.6 Å². The van der Waals surface area contributed by atoms with E-state index >= 15 is 0 Å². The minimum Gasteiger partial charge on any atom is -0.370 e. The van der Waals surface area contributed by atoms with Crippen LogP contribution in [0.1, 0.15) is 17.0 Å². The number of hydrogen-bond donors (Lipinski definition) is 2. The Bertz CT molecular complexity index is 669. The molecule has 21 heavy (non-hydrogen) atoms. The number of nitrogens with two attached hydrogens (primary N) is 1. The molecule has 0 aliphatic heterocycles. The Morgan fingerprint density at radius 3 is 2.57 bits per heavy atom. The second-order valence-electron chi connectivity index (χ2n) is 5.59. The molecule has 108 valence electrons. The second-order valence-corrected chi connectivity index (χ2v) is 5.59. The Kier molecular flexibility index (Phi) is 3.89. The molecular weight excluding hydrogens is 373 g/mol. The van der Waals surface area contributed by atoms with Gasteiger partial charge >= 0.3 is 0 Å². The minimum absolute atomic E-state index is 0. The SMILES string of the molecule is I.NC(=NC1C2Cc3ccccc3C21)Nc1ccccc1. The van der Waals surface area contributed by atoms with Crippen LogP contribution >= 0.6 is 24.0 Å². The lowest BCUT2D eigenvalue weighted by Crippen LogP contribution is -2.23. The van der Waals surface area contributed by atoms with Crippen LogP contribution in [-0.4, -0.2) is 12.0 Å². The lowest BCUT2D eigenvalue weighted by Gasteiger charge is -2.07. The largest absolute Gasteiger partial charge is 0.370 e. The van der Waals surface area contributed by atoms with E-state index in [-0.39, 0.29) is 24.0 Å². The van der Waals surface area contributed by atoms with E-state index in [2.05, 4.69) is 34.6 Å². The summed E-state index contributed by atoms with van der Waals surface area (Å²) >= 11 is 0. The molecule has 0 spiro atoms. The van der Waals surface area contributed by atoms with Crippen LogP contribution in [0.2, 0.25) is 0 Å². The van der Waals surface area contributed by atoms with E-state index in [0.717, 1.165) is 12.1 Å². The van der Waals surface area contributed by atoms with Gasteiger partial charge in [-0.25, -0.2) is 4.99 Å². The van der Waals surface area contributed by atoms with Gasteiger partial charge in [-0.3, -0.25) is 0 Å². The third-order valence-electron chi connectivity index (χ3n) is 4.33. The first-order chi connectivity index (χ1) is 9.83. The van der Waals surface area contributed by atoms with Crippen molar-refractivity contribution in [2.24, 2.45) is 16.6 Å². The molecule has 2 aromatic rings. The third-order valence-corrected chi connectivity index (χ3v) is 4.33. The maximum atomic E-state index is 6.01. The standard InChI is InChI=1S/C17H17N3.HI/c18-17(19-12-7-2-1-3-8-12)20-16-14-10-11-6-4-5-9-13(11)15(14)16;/h1-9,14-16H,10H2,(H3,18,19,20);1H. The summed E-state index contributed by atoms with van der Waals surface area (Å²) in [4.78, 5) is 4.65. The molecule has 0 amide bonds. The Labute approximate surface area is 141 Å². The van der Waals surface area contributed by atoms with Crippen molar-refractivity contribution < 1.29 is 0 Å². The second kappa shape index (κ2) is 5.67. The quantitative estimate of drug-likeness (QED) is 0.469. The van der Waals surface area contributed by atoms with E-state index in [4.69, 9.17) is 5.73 Å². The summed E-state index contributed by atoms with van der Waals surface area (Å²) in [7, 11) is 0. The number of nitrogens with one attached hydrogen (secondary N) is 1. The normalized spacial score (nSPS) is 25.5. The van der Waals surface area contributed by atoms with Gasteiger partial charge in [0, 0.05) is 11.6 Å². The van der Waals surface area contributed by atoms with E-state index in [9.17, 15) is 0 Å². The third kappa shape index (κ3) is 2.64. The van der Waals surface area contributed by atoms with Gasteiger partial charge in [0.25, 0.3) is 0 Å². The van der Waals surface area contributed by atoms with Gasteiger partial charge in [0.05, 0.1) is 6.04 Å². The molecule has 1 saturated carbocycles. The van der Waals surface area contributed by atoms with Crippen molar-refractivity contribution in [2.45, 2.75) is 18.4 Å². The van der Waals surface area contributed by atoms with Gasteiger partial charge in [-0.1, -0.05) is 42.5 Å². The lowest BCUT2D eigenvalue weighted by atomic mass is 10.1. The summed E-state index contributed by atoms with van der Waals surface area (Å²) in [6.07, 6.45) is 1.15. The predicted octanol–water partition coefficient (Wildman–Crippen LogP) is 3.37. The van der Waals surface area contributed by atoms with Crippen molar-refractivity contribution in [3.63, 3.8) is 0 Å². The first kappa shape index (κ1) is 14.4. The molecule has 3 unspecified atom stereocenters. The summed E-state index contributed by atoms with van der Waals surface area (Å²) in [6.45, 7) is 0. The molecule has 3 nitrogen and oxygen atoms in total. The molecule has 3 atom stereocenters. The van der Waals surface area contributed by atoms with Crippen LogP contribution in [0.15, 0.2) is 59.6 Å². The smallest absolute Gasteiger partial charge is 0.193 e. The molecule has 4 rings (SSSR count). The van der Waals surface area contributed by atoms with Gasteiger partial charge < -0.3 is 11.1 Å². The summed E-state index contributed by atoms with van der Waals surface area (Å²) in [6, 6.07) is 19.0. The van der Waals surface area contributed by atoms with Gasteiger partial charge in [0.2, 0.25) is 0 Å². The molecule has 4 heteroatoms. The zero-order chi connectivity index (χ0) is 13.5. The fraction of sp³-hybridized carbons (Fsp3) is 0.235. The first-order valence-electron chi connectivity index (χ1n) is 7.06. The average molecular weight is 391 g/mol. The molecule has 3 N–H and O–H groups in total. The zero-order valence-electron chi connectivity index (χ0n) is 11.6. The molecule has 0 saturated heterocycles. The van der Waals surface area contributed by atoms with Crippen molar-refractivity contribution in [3.05, 3.63) is 65.7 Å². The molecule has 0 bridgehead atoms. The monoisotopic (exact) mass is 391 g/mol. The number of nitrogens with zero attached hydrogens (tertiary/aromatic N) is 1. The minimum atomic E-state index is 0. The maximum absolute atomic E-state index is 6.01. The van der Waals surface area contributed by atoms with Crippen LogP contribution in [-0.2, 0) is 6.42 Å². The molecular formula is C17H18IN3. The highest BCUT2D eigenvalue weighted by atomic mass is 127. The zero-order valence-corrected chi connectivity index (χ0v) is 13.9. The van der Waals surface area contributed by atoms with Crippen LogP contribution in [0.5, 0.6) is 0 Å². The van der Waals surface area contributed by atoms with Crippen LogP contribution in [0, 0.1) is 5.92 Å². The van der Waals surface area contributed by atoms with Crippen molar-refractivity contribution in [2.75, 3.05) is 5.32 Å². The fourth-order valence-corrected chi connectivity index (χ4v) is 3.36. The van der Waals surface area contributed by atoms with Crippen LogP contribution in [0.4, 0.5) is 5.69 Å². The van der Waals surface area contributed by atoms with Gasteiger partial charge in [-0.2, -0.15) is 0 Å². The van der Waals surface area contributed by atoms with E-state index in [0.29, 0.717) is 23.8 Å². The topological polar surface area (TPSA) is 50.4 Å². The Balaban J connectivity index is 0.00000132. The number of guanidine groups is 1. The van der Waals surface area contributed by atoms with E-state index in [1.807, 2.05) is 30.3 Å². The van der Waals surface area contributed by atoms with Crippen LogP contribution in [0.25, 0.3) is 0 Å². The summed E-state index contributed by atoms with van der Waals surface area (Å²) in [5.74, 6) is 1.76. The van der Waals surface area contributed by atoms with E-state index in [1.54, 1.807) is 0 Å². The summed E-state index contributed by atoms with van der Waals surface area (Å²) in [5, 5.41) is 3.15. The molecule has 0 radical (unpaired) electrons. The molecule has 2 aliphatic carbocycles. The number of benzene rings is 2. The number of rotatable bonds is 2. The highest BCUT2D eigenvalue weighted by molar-refractivity contribution is 14.0. The Morgan fingerprint density at radius 2 is 1.76 bits per heavy atom. The number of halogens is 1. The number of hydrogen-bond acceptors (Lipinski definition) is 1. The summed E-state index contributed by atoms with van der Waals surface area (Å²) < 4.78 is 0. The highest BCUT2D eigenvalue weighted by Gasteiger charge is 2.55. The lowest BCUT2D eigenvalue weighted by molar-refractivity contribution is 0.801. The molecule has 2 aromatic carbocycles. The highest BCUT2D eigenvalue weighted by Crippen LogP contribution is 2.58. The maximum Gasteiger partial charge on any atom is 0.193 e.